The maximum absolute atomic E-state index is 10.9. The van der Waals surface area contributed by atoms with Gasteiger partial charge in [-0.25, -0.2) is 4.79 Å². The molecule has 0 aliphatic rings. The van der Waals surface area contributed by atoms with Crippen molar-refractivity contribution >= 4 is 17.8 Å². The predicted octanol–water partition coefficient (Wildman–Crippen LogP) is -1.25. The van der Waals surface area contributed by atoms with E-state index in [1.807, 2.05) is 5.32 Å². The van der Waals surface area contributed by atoms with Crippen LogP contribution in [0, 0.1) is 0 Å². The zero-order valence-corrected chi connectivity index (χ0v) is 7.46. The van der Waals surface area contributed by atoms with Gasteiger partial charge in [0.05, 0.1) is 0 Å². The Hall–Kier alpha value is -1.79. The van der Waals surface area contributed by atoms with Crippen LogP contribution in [0.5, 0.6) is 0 Å². The molecule has 13 heavy (non-hydrogen) atoms. The zero-order valence-electron chi connectivity index (χ0n) is 7.46. The summed E-state index contributed by atoms with van der Waals surface area (Å²) in [6.07, 6.45) is 0. The standard InChI is InChI=1S/C6H12N4O3/c1-3-8-6(12)9-5(11)4(7)10-13-2/h3H2,1-2H3,(H2,7,10)(H2,8,9,11,12). The molecule has 4 N–H and O–H groups in total. The number of oxime groups is 1. The van der Waals surface area contributed by atoms with Gasteiger partial charge in [0.2, 0.25) is 5.84 Å². The van der Waals surface area contributed by atoms with Crippen LogP contribution in [0.2, 0.25) is 0 Å². The molecule has 0 saturated heterocycles. The highest BCUT2D eigenvalue weighted by molar-refractivity contribution is 6.39. The first kappa shape index (κ1) is 11.2. The molecule has 0 fully saturated rings. The molecule has 0 radical (unpaired) electrons. The van der Waals surface area contributed by atoms with E-state index in [0.717, 1.165) is 0 Å². The van der Waals surface area contributed by atoms with E-state index >= 15 is 0 Å². The number of nitrogens with two attached hydrogens (primary N) is 1. The van der Waals surface area contributed by atoms with Crippen molar-refractivity contribution in [2.45, 2.75) is 6.92 Å². The van der Waals surface area contributed by atoms with Crippen molar-refractivity contribution in [3.8, 4) is 0 Å². The third-order valence-electron chi connectivity index (χ3n) is 0.987. The van der Waals surface area contributed by atoms with E-state index in [0.29, 0.717) is 6.54 Å². The van der Waals surface area contributed by atoms with Crippen LogP contribution < -0.4 is 16.4 Å². The molecule has 7 nitrogen and oxygen atoms in total. The van der Waals surface area contributed by atoms with Crippen LogP contribution in [0.15, 0.2) is 5.16 Å². The molecule has 0 heterocycles. The van der Waals surface area contributed by atoms with Gasteiger partial charge in [-0.05, 0) is 6.92 Å². The lowest BCUT2D eigenvalue weighted by Crippen LogP contribution is -2.45. The molecular weight excluding hydrogens is 176 g/mol. The van der Waals surface area contributed by atoms with E-state index in [1.54, 1.807) is 6.92 Å². The summed E-state index contributed by atoms with van der Waals surface area (Å²) in [7, 11) is 1.24. The topological polar surface area (TPSA) is 106 Å². The fourth-order valence-electron chi connectivity index (χ4n) is 0.512. The highest BCUT2D eigenvalue weighted by Crippen LogP contribution is 1.73. The molecule has 0 saturated carbocycles. The van der Waals surface area contributed by atoms with Crippen molar-refractivity contribution in [2.24, 2.45) is 10.9 Å². The third kappa shape index (κ3) is 4.62. The van der Waals surface area contributed by atoms with Crippen LogP contribution in [-0.4, -0.2) is 31.4 Å². The molecular formula is C6H12N4O3. The van der Waals surface area contributed by atoms with Crippen LogP contribution in [0.4, 0.5) is 4.79 Å². The summed E-state index contributed by atoms with van der Waals surface area (Å²) in [5.41, 5.74) is 5.11. The first-order valence-corrected chi connectivity index (χ1v) is 3.57. The van der Waals surface area contributed by atoms with Crippen molar-refractivity contribution in [3.05, 3.63) is 0 Å². The summed E-state index contributed by atoms with van der Waals surface area (Å²) < 4.78 is 0. The van der Waals surface area contributed by atoms with Gasteiger partial charge in [0.15, 0.2) is 0 Å². The monoisotopic (exact) mass is 188 g/mol. The Balaban J connectivity index is 4.00. The maximum Gasteiger partial charge on any atom is 0.321 e. The zero-order chi connectivity index (χ0) is 10.3. The van der Waals surface area contributed by atoms with Gasteiger partial charge in [0, 0.05) is 6.54 Å². The number of hydrogen-bond donors (Lipinski definition) is 3. The Labute approximate surface area is 75.3 Å². The fraction of sp³-hybridized carbons (Fsp3) is 0.500. The van der Waals surface area contributed by atoms with Gasteiger partial charge in [-0.2, -0.15) is 0 Å². The summed E-state index contributed by atoms with van der Waals surface area (Å²) in [6.45, 7) is 2.14. The summed E-state index contributed by atoms with van der Waals surface area (Å²) in [6, 6.07) is -0.623. The molecule has 74 valence electrons. The molecule has 0 aliphatic carbocycles. The van der Waals surface area contributed by atoms with E-state index < -0.39 is 17.8 Å². The van der Waals surface area contributed by atoms with Gasteiger partial charge in [-0.15, -0.1) is 0 Å². The fourth-order valence-corrected chi connectivity index (χ4v) is 0.512. The van der Waals surface area contributed by atoms with E-state index in [4.69, 9.17) is 5.73 Å². The molecule has 7 heteroatoms. The predicted molar refractivity (Wildman–Crippen MR) is 45.8 cm³/mol. The number of nitrogens with one attached hydrogen (secondary N) is 2. The van der Waals surface area contributed by atoms with Crippen molar-refractivity contribution in [1.29, 1.82) is 0 Å². The molecule has 0 spiro atoms. The highest BCUT2D eigenvalue weighted by Gasteiger charge is 2.10. The van der Waals surface area contributed by atoms with Gasteiger partial charge in [0.25, 0.3) is 5.91 Å². The van der Waals surface area contributed by atoms with Gasteiger partial charge >= 0.3 is 6.03 Å². The number of amidine groups is 1. The Bertz CT molecular complexity index is 226. The number of amides is 3. The Kier molecular flexibility index (Phi) is 5.01. The van der Waals surface area contributed by atoms with Crippen LogP contribution in [0.25, 0.3) is 0 Å². The summed E-state index contributed by atoms with van der Waals surface area (Å²) >= 11 is 0. The number of urea groups is 1. The van der Waals surface area contributed by atoms with Crippen molar-refractivity contribution < 1.29 is 14.4 Å². The minimum absolute atomic E-state index is 0.409. The molecule has 0 aliphatic heterocycles. The van der Waals surface area contributed by atoms with Gasteiger partial charge in [-0.1, -0.05) is 5.16 Å². The lowest BCUT2D eigenvalue weighted by molar-refractivity contribution is -0.114. The minimum atomic E-state index is -0.798. The Morgan fingerprint density at radius 1 is 1.54 bits per heavy atom. The van der Waals surface area contributed by atoms with Gasteiger partial charge < -0.3 is 15.9 Å². The summed E-state index contributed by atoms with van der Waals surface area (Å²) in [5, 5.41) is 7.43. The second kappa shape index (κ2) is 5.81. The highest BCUT2D eigenvalue weighted by atomic mass is 16.6. The molecule has 0 aromatic heterocycles. The number of hydrogen-bond acceptors (Lipinski definition) is 4. The molecule has 0 unspecified atom stereocenters. The largest absolute Gasteiger partial charge is 0.397 e. The van der Waals surface area contributed by atoms with Crippen molar-refractivity contribution in [2.75, 3.05) is 13.7 Å². The number of carbonyl (C=O) groups is 2. The number of imide groups is 1. The van der Waals surface area contributed by atoms with Crippen molar-refractivity contribution in [3.63, 3.8) is 0 Å². The summed E-state index contributed by atoms with van der Waals surface area (Å²) in [5.74, 6) is -1.21. The molecule has 0 atom stereocenters. The smallest absolute Gasteiger partial charge is 0.321 e. The second-order valence-corrected chi connectivity index (χ2v) is 1.97. The Morgan fingerprint density at radius 3 is 2.62 bits per heavy atom. The normalized spacial score (nSPS) is 10.5. The van der Waals surface area contributed by atoms with Crippen molar-refractivity contribution in [1.82, 2.24) is 10.6 Å². The molecule has 0 aromatic carbocycles. The van der Waals surface area contributed by atoms with Crippen LogP contribution >= 0.6 is 0 Å². The first-order valence-electron chi connectivity index (χ1n) is 3.57. The Morgan fingerprint density at radius 2 is 2.15 bits per heavy atom. The van der Waals surface area contributed by atoms with E-state index in [9.17, 15) is 9.59 Å². The molecule has 0 rings (SSSR count). The van der Waals surface area contributed by atoms with E-state index in [1.165, 1.54) is 7.11 Å². The second-order valence-electron chi connectivity index (χ2n) is 1.97. The minimum Gasteiger partial charge on any atom is -0.397 e. The number of carbonyl (C=O) groups excluding carboxylic acids is 2. The van der Waals surface area contributed by atoms with E-state index in [2.05, 4.69) is 15.3 Å². The van der Waals surface area contributed by atoms with E-state index in [-0.39, 0.29) is 0 Å². The molecule has 0 bridgehead atoms. The van der Waals surface area contributed by atoms with Crippen LogP contribution in [0.1, 0.15) is 6.92 Å². The van der Waals surface area contributed by atoms with Crippen LogP contribution in [-0.2, 0) is 9.63 Å². The quantitative estimate of drug-likeness (QED) is 0.286. The molecule has 3 amide bonds. The number of rotatable bonds is 2. The maximum atomic E-state index is 10.9. The molecule has 0 aromatic rings. The number of nitrogens with zero attached hydrogens (tertiary/aromatic N) is 1. The first-order chi connectivity index (χ1) is 6.11. The van der Waals surface area contributed by atoms with Gasteiger partial charge in [0.1, 0.15) is 7.11 Å². The summed E-state index contributed by atoms with van der Waals surface area (Å²) in [4.78, 5) is 25.9. The lowest BCUT2D eigenvalue weighted by atomic mass is 10.5. The van der Waals surface area contributed by atoms with Crippen LogP contribution in [0.3, 0.4) is 0 Å². The SMILES string of the molecule is CCNC(=O)NC(=O)/C(N)=N/OC. The van der Waals surface area contributed by atoms with Gasteiger partial charge in [-0.3, -0.25) is 10.1 Å². The average molecular weight is 188 g/mol. The third-order valence-corrected chi connectivity index (χ3v) is 0.987. The average Bonchev–Trinajstić information content (AvgIpc) is 2.05. The lowest BCUT2D eigenvalue weighted by Gasteiger charge is -2.02.